The van der Waals surface area contributed by atoms with E-state index in [9.17, 15) is 0 Å². The van der Waals surface area contributed by atoms with Crippen LogP contribution in [-0.2, 0) is 0 Å². The number of thioether (sulfide) groups is 1. The summed E-state index contributed by atoms with van der Waals surface area (Å²) in [6.45, 7) is 13.0. The van der Waals surface area contributed by atoms with Crippen LogP contribution in [0.15, 0.2) is 45.9 Å². The quantitative estimate of drug-likeness (QED) is 0.482. The van der Waals surface area contributed by atoms with Crippen LogP contribution in [0.5, 0.6) is 0 Å². The van der Waals surface area contributed by atoms with Gasteiger partial charge in [-0.05, 0) is 42.2 Å². The summed E-state index contributed by atoms with van der Waals surface area (Å²) in [6, 6.07) is 6.44. The summed E-state index contributed by atoms with van der Waals surface area (Å²) in [5, 5.41) is 1.98. The van der Waals surface area contributed by atoms with Crippen LogP contribution < -0.4 is 5.73 Å². The van der Waals surface area contributed by atoms with Crippen molar-refractivity contribution in [3.8, 4) is 0 Å². The zero-order valence-electron chi connectivity index (χ0n) is 15.3. The van der Waals surface area contributed by atoms with Crippen LogP contribution in [0.3, 0.4) is 0 Å². The van der Waals surface area contributed by atoms with Crippen molar-refractivity contribution >= 4 is 23.7 Å². The number of aliphatic imine (C=N–C) groups is 1. The summed E-state index contributed by atoms with van der Waals surface area (Å²) in [5.41, 5.74) is 11.7. The molecular weight excluding hydrogens is 300 g/mol. The molecule has 0 bridgehead atoms. The highest BCUT2D eigenvalue weighted by molar-refractivity contribution is 8.02. The van der Waals surface area contributed by atoms with Crippen LogP contribution >= 0.6 is 11.8 Å². The molecule has 0 amide bonds. The van der Waals surface area contributed by atoms with Gasteiger partial charge in [0.1, 0.15) is 0 Å². The smallest absolute Gasteiger partial charge is 0.0699 e. The molecule has 0 aliphatic carbocycles. The first-order valence-electron chi connectivity index (χ1n) is 8.22. The summed E-state index contributed by atoms with van der Waals surface area (Å²) in [5.74, 6) is 1.85. The average Bonchev–Trinajstić information content (AvgIpc) is 2.51. The highest BCUT2D eigenvalue weighted by atomic mass is 32.2. The Kier molecular flexibility index (Phi) is 8.18. The fourth-order valence-corrected chi connectivity index (χ4v) is 2.95. The fourth-order valence-electron chi connectivity index (χ4n) is 2.18. The molecule has 1 rings (SSSR count). The topological polar surface area (TPSA) is 38.4 Å². The van der Waals surface area contributed by atoms with E-state index in [-0.39, 0.29) is 0 Å². The SMILES string of the molecule is C/C=C(\C)CS/C=C(\N)C=Nc1c(C(C)C)cccc1C(C)C. The van der Waals surface area contributed by atoms with E-state index in [1.807, 2.05) is 5.41 Å². The first kappa shape index (κ1) is 19.6. The van der Waals surface area contributed by atoms with Gasteiger partial charge in [0, 0.05) is 5.75 Å². The fraction of sp³-hybridized carbons (Fsp3) is 0.450. The molecule has 0 aliphatic heterocycles. The molecule has 126 valence electrons. The molecule has 0 aliphatic rings. The monoisotopic (exact) mass is 330 g/mol. The zero-order valence-corrected chi connectivity index (χ0v) is 16.1. The minimum Gasteiger partial charge on any atom is -0.397 e. The summed E-state index contributed by atoms with van der Waals surface area (Å²) < 4.78 is 0. The molecule has 0 heterocycles. The lowest BCUT2D eigenvalue weighted by Gasteiger charge is -2.16. The normalized spacial score (nSPS) is 13.6. The molecule has 2 nitrogen and oxygen atoms in total. The number of hydrogen-bond acceptors (Lipinski definition) is 3. The third-order valence-electron chi connectivity index (χ3n) is 3.71. The van der Waals surface area contributed by atoms with Gasteiger partial charge in [-0.1, -0.05) is 57.5 Å². The van der Waals surface area contributed by atoms with E-state index < -0.39 is 0 Å². The molecule has 0 saturated heterocycles. The Morgan fingerprint density at radius 3 is 2.22 bits per heavy atom. The molecule has 23 heavy (non-hydrogen) atoms. The zero-order chi connectivity index (χ0) is 17.4. The van der Waals surface area contributed by atoms with Gasteiger partial charge in [-0.2, -0.15) is 0 Å². The van der Waals surface area contributed by atoms with Gasteiger partial charge in [0.15, 0.2) is 0 Å². The first-order valence-corrected chi connectivity index (χ1v) is 9.27. The van der Waals surface area contributed by atoms with Gasteiger partial charge in [0.2, 0.25) is 0 Å². The standard InChI is InChI=1S/C20H30N2S/c1-7-16(6)12-23-13-17(21)11-22-20-18(14(2)3)9-8-10-19(20)15(4)5/h7-11,13-15H,12,21H2,1-6H3/b16-7+,17-13-,22-11?. The lowest BCUT2D eigenvalue weighted by molar-refractivity contribution is 0.835. The molecular formula is C20H30N2S. The van der Waals surface area contributed by atoms with E-state index in [1.54, 1.807) is 18.0 Å². The van der Waals surface area contributed by atoms with Crippen LogP contribution in [0.1, 0.15) is 64.5 Å². The molecule has 0 radical (unpaired) electrons. The number of para-hydroxylation sites is 1. The highest BCUT2D eigenvalue weighted by Gasteiger charge is 2.12. The second-order valence-electron chi connectivity index (χ2n) is 6.42. The number of hydrogen-bond donors (Lipinski definition) is 1. The van der Waals surface area contributed by atoms with E-state index in [2.05, 4.69) is 65.8 Å². The summed E-state index contributed by atoms with van der Waals surface area (Å²) in [7, 11) is 0. The second kappa shape index (κ2) is 9.61. The van der Waals surface area contributed by atoms with Gasteiger partial charge in [-0.3, -0.25) is 4.99 Å². The van der Waals surface area contributed by atoms with Crippen LogP contribution in [-0.4, -0.2) is 12.0 Å². The van der Waals surface area contributed by atoms with Crippen LogP contribution in [0.2, 0.25) is 0 Å². The maximum atomic E-state index is 6.07. The van der Waals surface area contributed by atoms with Gasteiger partial charge in [0.05, 0.1) is 17.6 Å². The lowest BCUT2D eigenvalue weighted by atomic mass is 9.93. The number of nitrogens with two attached hydrogens (primary N) is 1. The van der Waals surface area contributed by atoms with Crippen LogP contribution in [0, 0.1) is 0 Å². The molecule has 1 aromatic carbocycles. The minimum atomic E-state index is 0.442. The molecule has 0 fully saturated rings. The molecule has 1 aromatic rings. The summed E-state index contributed by atoms with van der Waals surface area (Å²) in [6.07, 6.45) is 3.91. The van der Waals surface area contributed by atoms with Gasteiger partial charge in [-0.25, -0.2) is 0 Å². The van der Waals surface area contributed by atoms with E-state index >= 15 is 0 Å². The van der Waals surface area contributed by atoms with Crippen molar-refractivity contribution in [2.75, 3.05) is 5.75 Å². The third-order valence-corrected chi connectivity index (χ3v) is 4.77. The van der Waals surface area contributed by atoms with E-state index in [0.29, 0.717) is 17.5 Å². The van der Waals surface area contributed by atoms with Crippen LogP contribution in [0.25, 0.3) is 0 Å². The van der Waals surface area contributed by atoms with Crippen molar-refractivity contribution in [1.82, 2.24) is 0 Å². The molecule has 2 N–H and O–H groups in total. The van der Waals surface area contributed by atoms with Crippen molar-refractivity contribution < 1.29 is 0 Å². The molecule has 0 aromatic heterocycles. The Morgan fingerprint density at radius 1 is 1.17 bits per heavy atom. The van der Waals surface area contributed by atoms with Crippen molar-refractivity contribution in [3.63, 3.8) is 0 Å². The predicted molar refractivity (Wildman–Crippen MR) is 107 cm³/mol. The number of allylic oxidation sites excluding steroid dienone is 2. The van der Waals surface area contributed by atoms with Gasteiger partial charge in [-0.15, -0.1) is 11.8 Å². The summed E-state index contributed by atoms with van der Waals surface area (Å²) in [4.78, 5) is 4.72. The summed E-state index contributed by atoms with van der Waals surface area (Å²) >= 11 is 1.70. The third kappa shape index (κ3) is 6.26. The molecule has 0 unspecified atom stereocenters. The number of benzene rings is 1. The van der Waals surface area contributed by atoms with E-state index in [4.69, 9.17) is 10.7 Å². The molecule has 3 heteroatoms. The maximum absolute atomic E-state index is 6.07. The van der Waals surface area contributed by atoms with Gasteiger partial charge < -0.3 is 5.73 Å². The Hall–Kier alpha value is -1.48. The number of rotatable bonds is 7. The van der Waals surface area contributed by atoms with Gasteiger partial charge >= 0.3 is 0 Å². The number of nitrogens with zero attached hydrogens (tertiary/aromatic N) is 1. The Morgan fingerprint density at radius 2 is 1.74 bits per heavy atom. The van der Waals surface area contributed by atoms with Crippen molar-refractivity contribution in [3.05, 3.63) is 52.1 Å². The second-order valence-corrected chi connectivity index (χ2v) is 7.27. The average molecular weight is 331 g/mol. The van der Waals surface area contributed by atoms with E-state index in [0.717, 1.165) is 11.4 Å². The largest absolute Gasteiger partial charge is 0.397 e. The maximum Gasteiger partial charge on any atom is 0.0699 e. The minimum absolute atomic E-state index is 0.442. The Balaban J connectivity index is 3.00. The Labute approximate surface area is 146 Å². The Bertz CT molecular complexity index is 569. The van der Waals surface area contributed by atoms with Crippen molar-refractivity contribution in [1.29, 1.82) is 0 Å². The predicted octanol–water partition coefficient (Wildman–Crippen LogP) is 6.14. The highest BCUT2D eigenvalue weighted by Crippen LogP contribution is 2.34. The van der Waals surface area contributed by atoms with Crippen LogP contribution in [0.4, 0.5) is 5.69 Å². The lowest BCUT2D eigenvalue weighted by Crippen LogP contribution is -1.99. The molecule has 0 saturated carbocycles. The molecule has 0 spiro atoms. The van der Waals surface area contributed by atoms with Crippen molar-refractivity contribution in [2.24, 2.45) is 10.7 Å². The van der Waals surface area contributed by atoms with Crippen molar-refractivity contribution in [2.45, 2.75) is 53.4 Å². The van der Waals surface area contributed by atoms with E-state index in [1.165, 1.54) is 16.7 Å². The van der Waals surface area contributed by atoms with Gasteiger partial charge in [0.25, 0.3) is 0 Å². The first-order chi connectivity index (χ1) is 10.9. The molecule has 0 atom stereocenters.